The van der Waals surface area contributed by atoms with Crippen molar-refractivity contribution < 1.29 is 7.65 Å². The van der Waals surface area contributed by atoms with Crippen molar-refractivity contribution in [3.05, 3.63) is 11.9 Å². The number of unbranched alkanes of at least 4 members (excludes halogenated alkanes) is 3. The molecule has 0 atom stereocenters. The van der Waals surface area contributed by atoms with Crippen LogP contribution in [0.5, 0.6) is 0 Å². The summed E-state index contributed by atoms with van der Waals surface area (Å²) >= 11 is 0. The Morgan fingerprint density at radius 1 is 1.27 bits per heavy atom. The van der Waals surface area contributed by atoms with Gasteiger partial charge in [0.15, 0.2) is 0 Å². The molecule has 1 aromatic rings. The normalized spacial score (nSPS) is 10.3. The van der Waals surface area contributed by atoms with Crippen LogP contribution in [-0.4, -0.2) is 41.0 Å². The van der Waals surface area contributed by atoms with Gasteiger partial charge in [0.25, 0.3) is 0 Å². The number of aryl methyl sites for hydroxylation is 2. The summed E-state index contributed by atoms with van der Waals surface area (Å²) in [5, 5.41) is 14.3. The SMILES string of the molecule is CCNC(=O)CCCCCn1cc(CCCCNC)nn1.I.[HH].[HH]. The fourth-order valence-corrected chi connectivity index (χ4v) is 2.19. The van der Waals surface area contributed by atoms with E-state index in [4.69, 9.17) is 0 Å². The molecule has 1 amide bonds. The highest BCUT2D eigenvalue weighted by Gasteiger charge is 2.02. The van der Waals surface area contributed by atoms with Crippen LogP contribution in [0.25, 0.3) is 0 Å². The number of carbonyl (C=O) groups excluding carboxylic acids is 1. The van der Waals surface area contributed by atoms with Gasteiger partial charge in [0, 0.05) is 28.6 Å². The van der Waals surface area contributed by atoms with E-state index in [9.17, 15) is 4.79 Å². The highest BCUT2D eigenvalue weighted by Crippen LogP contribution is 2.04. The molecule has 132 valence electrons. The van der Waals surface area contributed by atoms with Gasteiger partial charge in [-0.15, -0.1) is 29.1 Å². The predicted molar refractivity (Wildman–Crippen MR) is 104 cm³/mol. The van der Waals surface area contributed by atoms with Gasteiger partial charge in [-0.1, -0.05) is 11.6 Å². The van der Waals surface area contributed by atoms with E-state index < -0.39 is 0 Å². The molecule has 0 saturated heterocycles. The van der Waals surface area contributed by atoms with Crippen molar-refractivity contribution in [2.45, 2.75) is 58.4 Å². The third-order valence-electron chi connectivity index (χ3n) is 3.36. The van der Waals surface area contributed by atoms with Gasteiger partial charge in [-0.2, -0.15) is 0 Å². The van der Waals surface area contributed by atoms with E-state index >= 15 is 0 Å². The Hall–Kier alpha value is -0.700. The molecule has 22 heavy (non-hydrogen) atoms. The van der Waals surface area contributed by atoms with Crippen molar-refractivity contribution >= 4 is 29.9 Å². The molecule has 0 radical (unpaired) electrons. The van der Waals surface area contributed by atoms with Gasteiger partial charge in [-0.3, -0.25) is 9.48 Å². The topological polar surface area (TPSA) is 71.8 Å². The van der Waals surface area contributed by atoms with Crippen LogP contribution in [0.15, 0.2) is 6.20 Å². The summed E-state index contributed by atoms with van der Waals surface area (Å²) in [6.45, 7) is 4.60. The molecule has 2 N–H and O–H groups in total. The molecule has 0 bridgehead atoms. The zero-order valence-corrected chi connectivity index (χ0v) is 16.1. The molecular weight excluding hydrogens is 393 g/mol. The molecule has 0 aliphatic rings. The van der Waals surface area contributed by atoms with Crippen molar-refractivity contribution in [2.75, 3.05) is 20.1 Å². The number of halogens is 1. The average molecular weight is 427 g/mol. The van der Waals surface area contributed by atoms with E-state index in [2.05, 4.69) is 20.9 Å². The van der Waals surface area contributed by atoms with Crippen LogP contribution in [-0.2, 0) is 17.8 Å². The Kier molecular flexibility index (Phi) is 13.5. The Morgan fingerprint density at radius 2 is 2.09 bits per heavy atom. The molecule has 1 heterocycles. The van der Waals surface area contributed by atoms with Crippen LogP contribution in [0, 0.1) is 0 Å². The summed E-state index contributed by atoms with van der Waals surface area (Å²) in [5.74, 6) is 0.155. The monoisotopic (exact) mass is 427 g/mol. The summed E-state index contributed by atoms with van der Waals surface area (Å²) in [6.07, 6.45) is 9.02. The second kappa shape index (κ2) is 13.9. The molecule has 0 saturated carbocycles. The van der Waals surface area contributed by atoms with Crippen LogP contribution in [0.4, 0.5) is 0 Å². The smallest absolute Gasteiger partial charge is 0.219 e. The molecule has 6 nitrogen and oxygen atoms in total. The number of carbonyl (C=O) groups is 1. The maximum absolute atomic E-state index is 11.3. The number of aromatic nitrogens is 3. The van der Waals surface area contributed by atoms with Crippen molar-refractivity contribution in [3.8, 4) is 0 Å². The second-order valence-corrected chi connectivity index (χ2v) is 5.30. The summed E-state index contributed by atoms with van der Waals surface area (Å²) in [6, 6.07) is 0. The lowest BCUT2D eigenvalue weighted by molar-refractivity contribution is -0.121. The van der Waals surface area contributed by atoms with Crippen LogP contribution >= 0.6 is 24.0 Å². The van der Waals surface area contributed by atoms with E-state index in [1.54, 1.807) is 0 Å². The zero-order valence-electron chi connectivity index (χ0n) is 13.8. The van der Waals surface area contributed by atoms with Gasteiger partial charge >= 0.3 is 0 Å². The molecule has 7 heteroatoms. The predicted octanol–water partition coefficient (Wildman–Crippen LogP) is 2.63. The number of nitrogens with one attached hydrogen (secondary N) is 2. The zero-order chi connectivity index (χ0) is 15.3. The third kappa shape index (κ3) is 10.1. The number of hydrogen-bond donors (Lipinski definition) is 2. The van der Waals surface area contributed by atoms with E-state index in [0.717, 1.165) is 57.4 Å². The highest BCUT2D eigenvalue weighted by atomic mass is 127. The van der Waals surface area contributed by atoms with Crippen LogP contribution in [0.3, 0.4) is 0 Å². The number of hydrogen-bond acceptors (Lipinski definition) is 4. The van der Waals surface area contributed by atoms with Gasteiger partial charge in [-0.25, -0.2) is 0 Å². The molecule has 0 spiro atoms. The number of rotatable bonds is 12. The molecule has 0 aliphatic heterocycles. The average Bonchev–Trinajstić information content (AvgIpc) is 2.91. The van der Waals surface area contributed by atoms with E-state index in [1.165, 1.54) is 6.42 Å². The minimum atomic E-state index is 0. The van der Waals surface area contributed by atoms with Crippen molar-refractivity contribution in [2.24, 2.45) is 0 Å². The fourth-order valence-electron chi connectivity index (χ4n) is 2.19. The van der Waals surface area contributed by atoms with Crippen LogP contribution < -0.4 is 10.6 Å². The third-order valence-corrected chi connectivity index (χ3v) is 3.36. The molecule has 0 fully saturated rings. The second-order valence-electron chi connectivity index (χ2n) is 5.30. The van der Waals surface area contributed by atoms with E-state index in [-0.39, 0.29) is 32.7 Å². The van der Waals surface area contributed by atoms with Gasteiger partial charge in [0.2, 0.25) is 5.91 Å². The number of nitrogens with zero attached hydrogens (tertiary/aromatic N) is 3. The summed E-state index contributed by atoms with van der Waals surface area (Å²) < 4.78 is 1.92. The lowest BCUT2D eigenvalue weighted by Crippen LogP contribution is -2.22. The molecule has 0 aliphatic carbocycles. The fraction of sp³-hybridized carbons (Fsp3) is 0.800. The highest BCUT2D eigenvalue weighted by molar-refractivity contribution is 14.0. The van der Waals surface area contributed by atoms with Crippen LogP contribution in [0.2, 0.25) is 0 Å². The maximum atomic E-state index is 11.3. The minimum Gasteiger partial charge on any atom is -0.356 e. The quantitative estimate of drug-likeness (QED) is 0.398. The van der Waals surface area contributed by atoms with E-state index in [0.29, 0.717) is 6.42 Å². The van der Waals surface area contributed by atoms with E-state index in [1.807, 2.05) is 24.9 Å². The summed E-state index contributed by atoms with van der Waals surface area (Å²) in [7, 11) is 1.97. The first-order valence-corrected chi connectivity index (χ1v) is 8.06. The van der Waals surface area contributed by atoms with Gasteiger partial charge < -0.3 is 10.6 Å². The molecular formula is C15H34IN5O. The first kappa shape index (κ1) is 21.3. The van der Waals surface area contributed by atoms with Crippen LogP contribution in [0.1, 0.15) is 54.0 Å². The minimum absolute atomic E-state index is 0. The lowest BCUT2D eigenvalue weighted by Gasteiger charge is -2.02. The molecule has 0 aromatic carbocycles. The Labute approximate surface area is 153 Å². The van der Waals surface area contributed by atoms with Crippen molar-refractivity contribution in [1.29, 1.82) is 0 Å². The van der Waals surface area contributed by atoms with Crippen molar-refractivity contribution in [1.82, 2.24) is 25.6 Å². The van der Waals surface area contributed by atoms with Crippen molar-refractivity contribution in [3.63, 3.8) is 0 Å². The summed E-state index contributed by atoms with van der Waals surface area (Å²) in [4.78, 5) is 11.3. The summed E-state index contributed by atoms with van der Waals surface area (Å²) in [5.41, 5.74) is 1.08. The molecule has 0 unspecified atom stereocenters. The Bertz CT molecular complexity index is 407. The largest absolute Gasteiger partial charge is 0.356 e. The van der Waals surface area contributed by atoms with Gasteiger partial charge in [-0.05, 0) is 52.6 Å². The first-order chi connectivity index (χ1) is 10.3. The molecule has 1 aromatic heterocycles. The first-order valence-electron chi connectivity index (χ1n) is 8.06. The number of amides is 1. The molecule has 1 rings (SSSR count). The Morgan fingerprint density at radius 3 is 2.82 bits per heavy atom. The maximum Gasteiger partial charge on any atom is 0.219 e. The Balaban J connectivity index is -0.00000147. The standard InChI is InChI=1S/C15H29N5O.HI.2H2/c1-3-17-15(21)10-5-4-8-12-20-13-14(18-19-20)9-6-7-11-16-2;;;/h13,16H,3-12H2,1-2H3,(H,17,21);3*1H. The van der Waals surface area contributed by atoms with Gasteiger partial charge in [0.05, 0.1) is 5.69 Å². The lowest BCUT2D eigenvalue weighted by atomic mass is 10.2. The van der Waals surface area contributed by atoms with Gasteiger partial charge in [0.1, 0.15) is 0 Å².